The van der Waals surface area contributed by atoms with Gasteiger partial charge in [0.05, 0.1) is 5.92 Å². The molecule has 1 fully saturated rings. The highest BCUT2D eigenvalue weighted by atomic mass is 16.7. The van der Waals surface area contributed by atoms with Gasteiger partial charge in [-0.3, -0.25) is 9.59 Å². The minimum atomic E-state index is -0.593. The monoisotopic (exact) mass is 418 g/mol. The summed E-state index contributed by atoms with van der Waals surface area (Å²) >= 11 is 0. The molecule has 1 aromatic carbocycles. The molecule has 0 N–H and O–H groups in total. The number of hydrogen-bond acceptors (Lipinski definition) is 6. The molecule has 30 heavy (non-hydrogen) atoms. The number of ether oxygens (including phenoxy) is 4. The van der Waals surface area contributed by atoms with Gasteiger partial charge in [-0.05, 0) is 83.9 Å². The van der Waals surface area contributed by atoms with Crippen LogP contribution in [-0.4, -0.2) is 29.9 Å². The zero-order valence-electron chi connectivity index (χ0n) is 18.9. The molecule has 2 aliphatic rings. The molecule has 0 spiro atoms. The molecule has 3 rings (SSSR count). The van der Waals surface area contributed by atoms with Gasteiger partial charge in [-0.2, -0.15) is 0 Å². The van der Waals surface area contributed by atoms with E-state index in [0.29, 0.717) is 11.5 Å². The Morgan fingerprint density at radius 1 is 0.967 bits per heavy atom. The maximum atomic E-state index is 13.3. The molecule has 0 radical (unpaired) electrons. The molecule has 166 valence electrons. The molecule has 0 unspecified atom stereocenters. The van der Waals surface area contributed by atoms with E-state index >= 15 is 0 Å². The largest absolute Gasteiger partial charge is 0.460 e. The lowest BCUT2D eigenvalue weighted by molar-refractivity contribution is -0.166. The predicted molar refractivity (Wildman–Crippen MR) is 112 cm³/mol. The maximum Gasteiger partial charge on any atom is 0.310 e. The first-order valence-electron chi connectivity index (χ1n) is 10.8. The molecule has 0 aromatic heterocycles. The molecule has 6 heteroatoms. The third-order valence-electron chi connectivity index (χ3n) is 5.38. The van der Waals surface area contributed by atoms with Crippen LogP contribution in [0.5, 0.6) is 11.5 Å². The number of esters is 2. The maximum absolute atomic E-state index is 13.3. The summed E-state index contributed by atoms with van der Waals surface area (Å²) in [5, 5.41) is 0. The van der Waals surface area contributed by atoms with E-state index in [1.807, 2.05) is 59.7 Å². The van der Waals surface area contributed by atoms with Gasteiger partial charge in [-0.25, -0.2) is 0 Å². The van der Waals surface area contributed by atoms with Crippen molar-refractivity contribution in [2.45, 2.75) is 84.3 Å². The highest BCUT2D eigenvalue weighted by molar-refractivity contribution is 5.77. The SMILES string of the molecule is CC(C)(C)OC(=O)C[C@@H]1CCC[C@H](c2ccc3c(c2)OCO3)[C@H]1C(=O)OC(C)(C)C. The Morgan fingerprint density at radius 2 is 1.63 bits per heavy atom. The number of carbonyl (C=O) groups is 2. The molecular weight excluding hydrogens is 384 g/mol. The Kier molecular flexibility index (Phi) is 6.34. The van der Waals surface area contributed by atoms with E-state index in [1.54, 1.807) is 0 Å². The lowest BCUT2D eigenvalue weighted by atomic mass is 9.68. The first-order valence-corrected chi connectivity index (χ1v) is 10.8. The molecule has 0 bridgehead atoms. The normalized spacial score (nSPS) is 23.7. The minimum absolute atomic E-state index is 0.0458. The molecule has 0 saturated heterocycles. The zero-order valence-corrected chi connectivity index (χ0v) is 18.9. The highest BCUT2D eigenvalue weighted by Crippen LogP contribution is 2.46. The van der Waals surface area contributed by atoms with Crippen molar-refractivity contribution in [2.75, 3.05) is 6.79 Å². The molecule has 1 aliphatic heterocycles. The van der Waals surface area contributed by atoms with Gasteiger partial charge in [0.25, 0.3) is 0 Å². The van der Waals surface area contributed by atoms with Crippen LogP contribution < -0.4 is 9.47 Å². The van der Waals surface area contributed by atoms with Crippen LogP contribution in [0, 0.1) is 11.8 Å². The summed E-state index contributed by atoms with van der Waals surface area (Å²) in [5.41, 5.74) is -0.127. The van der Waals surface area contributed by atoms with Crippen molar-refractivity contribution in [3.05, 3.63) is 23.8 Å². The van der Waals surface area contributed by atoms with Crippen molar-refractivity contribution >= 4 is 11.9 Å². The second kappa shape index (κ2) is 8.48. The molecule has 0 amide bonds. The van der Waals surface area contributed by atoms with Crippen LogP contribution in [0.15, 0.2) is 18.2 Å². The Morgan fingerprint density at radius 3 is 2.30 bits per heavy atom. The fourth-order valence-corrected chi connectivity index (χ4v) is 4.36. The van der Waals surface area contributed by atoms with E-state index in [1.165, 1.54) is 0 Å². The van der Waals surface area contributed by atoms with E-state index in [2.05, 4.69) is 0 Å². The Hall–Kier alpha value is -2.24. The van der Waals surface area contributed by atoms with E-state index in [-0.39, 0.29) is 37.0 Å². The van der Waals surface area contributed by atoms with Crippen LogP contribution in [0.1, 0.15) is 78.7 Å². The molecule has 1 aliphatic carbocycles. The number of fused-ring (bicyclic) bond motifs is 1. The Balaban J connectivity index is 1.88. The lowest BCUT2D eigenvalue weighted by Gasteiger charge is -2.38. The summed E-state index contributed by atoms with van der Waals surface area (Å²) in [7, 11) is 0. The van der Waals surface area contributed by atoms with Gasteiger partial charge in [0.2, 0.25) is 6.79 Å². The Labute approximate surface area is 179 Å². The standard InChI is InChI=1S/C24H34O6/c1-23(2,3)29-20(25)13-16-8-7-9-17(21(16)22(26)30-24(4,5)6)15-10-11-18-19(12-15)28-14-27-18/h10-12,16-17,21H,7-9,13-14H2,1-6H3/t16-,17+,21-/m0/s1. The summed E-state index contributed by atoms with van der Waals surface area (Å²) in [6, 6.07) is 5.84. The average molecular weight is 419 g/mol. The van der Waals surface area contributed by atoms with Crippen LogP contribution >= 0.6 is 0 Å². The van der Waals surface area contributed by atoms with Gasteiger partial charge in [0.1, 0.15) is 11.2 Å². The third kappa shape index (κ3) is 5.67. The molecule has 1 aromatic rings. The van der Waals surface area contributed by atoms with Gasteiger partial charge in [0.15, 0.2) is 11.5 Å². The topological polar surface area (TPSA) is 71.1 Å². The summed E-state index contributed by atoms with van der Waals surface area (Å²) in [6.07, 6.45) is 2.80. The minimum Gasteiger partial charge on any atom is -0.460 e. The highest BCUT2D eigenvalue weighted by Gasteiger charge is 2.43. The van der Waals surface area contributed by atoms with Gasteiger partial charge in [-0.1, -0.05) is 12.5 Å². The number of rotatable bonds is 4. The van der Waals surface area contributed by atoms with Gasteiger partial charge in [0, 0.05) is 6.42 Å². The zero-order chi connectivity index (χ0) is 22.1. The van der Waals surface area contributed by atoms with E-state index in [4.69, 9.17) is 18.9 Å². The van der Waals surface area contributed by atoms with Crippen LogP contribution in [0.2, 0.25) is 0 Å². The number of benzene rings is 1. The van der Waals surface area contributed by atoms with Crippen molar-refractivity contribution in [3.8, 4) is 11.5 Å². The average Bonchev–Trinajstić information content (AvgIpc) is 3.05. The first kappa shape index (κ1) is 22.4. The van der Waals surface area contributed by atoms with Crippen LogP contribution in [0.25, 0.3) is 0 Å². The van der Waals surface area contributed by atoms with Gasteiger partial charge < -0.3 is 18.9 Å². The van der Waals surface area contributed by atoms with Crippen LogP contribution in [-0.2, 0) is 19.1 Å². The molecule has 6 nitrogen and oxygen atoms in total. The lowest BCUT2D eigenvalue weighted by Crippen LogP contribution is -2.39. The third-order valence-corrected chi connectivity index (χ3v) is 5.38. The first-order chi connectivity index (χ1) is 13.9. The van der Waals surface area contributed by atoms with Crippen molar-refractivity contribution in [3.63, 3.8) is 0 Å². The summed E-state index contributed by atoms with van der Waals surface area (Å²) in [4.78, 5) is 25.8. The molecule has 1 heterocycles. The van der Waals surface area contributed by atoms with Crippen molar-refractivity contribution in [1.82, 2.24) is 0 Å². The summed E-state index contributed by atoms with van der Waals surface area (Å²) in [6.45, 7) is 11.4. The van der Waals surface area contributed by atoms with Crippen molar-refractivity contribution in [1.29, 1.82) is 0 Å². The van der Waals surface area contributed by atoms with Crippen molar-refractivity contribution in [2.24, 2.45) is 11.8 Å². The van der Waals surface area contributed by atoms with E-state index in [9.17, 15) is 9.59 Å². The molecule has 1 saturated carbocycles. The molecule has 3 atom stereocenters. The quantitative estimate of drug-likeness (QED) is 0.642. The number of carbonyl (C=O) groups excluding carboxylic acids is 2. The van der Waals surface area contributed by atoms with E-state index < -0.39 is 17.1 Å². The molecular formula is C24H34O6. The van der Waals surface area contributed by atoms with Crippen LogP contribution in [0.3, 0.4) is 0 Å². The Bertz CT molecular complexity index is 786. The van der Waals surface area contributed by atoms with Crippen LogP contribution in [0.4, 0.5) is 0 Å². The smallest absolute Gasteiger partial charge is 0.310 e. The fraction of sp³-hybridized carbons (Fsp3) is 0.667. The van der Waals surface area contributed by atoms with Gasteiger partial charge >= 0.3 is 11.9 Å². The van der Waals surface area contributed by atoms with Gasteiger partial charge in [-0.15, -0.1) is 0 Å². The summed E-state index contributed by atoms with van der Waals surface area (Å²) < 4.78 is 22.3. The van der Waals surface area contributed by atoms with Crippen molar-refractivity contribution < 1.29 is 28.5 Å². The second-order valence-electron chi connectivity index (χ2n) is 10.3. The second-order valence-corrected chi connectivity index (χ2v) is 10.3. The summed E-state index contributed by atoms with van der Waals surface area (Å²) in [5.74, 6) is 0.310. The predicted octanol–water partition coefficient (Wildman–Crippen LogP) is 4.99. The number of hydrogen-bond donors (Lipinski definition) is 0. The van der Waals surface area contributed by atoms with E-state index in [0.717, 1.165) is 24.8 Å². The fourth-order valence-electron chi connectivity index (χ4n) is 4.36.